The number of hydrogen-bond donors (Lipinski definition) is 2. The summed E-state index contributed by atoms with van der Waals surface area (Å²) in [5, 5.41) is 5.70. The second-order valence-corrected chi connectivity index (χ2v) is 8.30. The van der Waals surface area contributed by atoms with E-state index in [2.05, 4.69) is 48.4 Å². The van der Waals surface area contributed by atoms with Crippen molar-refractivity contribution in [2.75, 3.05) is 31.1 Å². The topological polar surface area (TPSA) is 81.8 Å². The van der Waals surface area contributed by atoms with Crippen molar-refractivity contribution in [1.82, 2.24) is 15.5 Å². The fourth-order valence-electron chi connectivity index (χ4n) is 4.31. The number of para-hydroxylation sites is 1. The minimum Gasteiger partial charge on any atom is -0.370 e. The number of urea groups is 1. The van der Waals surface area contributed by atoms with Crippen LogP contribution in [0.25, 0.3) is 0 Å². The Morgan fingerprint density at radius 1 is 1.28 bits per heavy atom. The summed E-state index contributed by atoms with van der Waals surface area (Å²) in [4.78, 5) is 40.8. The zero-order chi connectivity index (χ0) is 21.0. The third-order valence-corrected chi connectivity index (χ3v) is 6.22. The lowest BCUT2D eigenvalue weighted by molar-refractivity contribution is -0.136. The number of aryl methyl sites for hydroxylation is 1. The van der Waals surface area contributed by atoms with Crippen LogP contribution in [0.1, 0.15) is 45.1 Å². The molecule has 0 unspecified atom stereocenters. The third-order valence-electron chi connectivity index (χ3n) is 6.22. The van der Waals surface area contributed by atoms with Gasteiger partial charge in [0.05, 0.1) is 0 Å². The first-order valence-corrected chi connectivity index (χ1v) is 10.6. The largest absolute Gasteiger partial charge is 0.370 e. The van der Waals surface area contributed by atoms with Gasteiger partial charge in [-0.25, -0.2) is 4.79 Å². The number of rotatable bonds is 7. The molecule has 3 rings (SSSR count). The Bertz CT molecular complexity index is 771. The van der Waals surface area contributed by atoms with Crippen molar-refractivity contribution >= 4 is 23.5 Å². The first-order chi connectivity index (χ1) is 13.9. The maximum absolute atomic E-state index is 12.8. The summed E-state index contributed by atoms with van der Waals surface area (Å²) in [5.74, 6) is 0.00708. The molecule has 0 atom stereocenters. The second kappa shape index (κ2) is 8.84. The molecule has 4 amide bonds. The number of nitrogens with zero attached hydrogens (tertiary/aromatic N) is 2. The number of anilines is 1. The molecule has 0 aromatic heterocycles. The van der Waals surface area contributed by atoms with Crippen molar-refractivity contribution in [3.63, 3.8) is 0 Å². The average molecular weight is 401 g/mol. The van der Waals surface area contributed by atoms with E-state index >= 15 is 0 Å². The first-order valence-electron chi connectivity index (χ1n) is 10.6. The van der Waals surface area contributed by atoms with Crippen LogP contribution in [0.2, 0.25) is 0 Å². The van der Waals surface area contributed by atoms with Crippen molar-refractivity contribution in [2.45, 2.75) is 52.0 Å². The molecular formula is C22H32N4O3. The number of amides is 4. The summed E-state index contributed by atoms with van der Waals surface area (Å²) in [6.45, 7) is 8.02. The lowest BCUT2D eigenvalue weighted by atomic mass is 9.77. The zero-order valence-corrected chi connectivity index (χ0v) is 17.7. The average Bonchev–Trinajstić information content (AvgIpc) is 2.93. The molecule has 2 N–H and O–H groups in total. The number of nitrogens with one attached hydrogen (secondary N) is 2. The highest BCUT2D eigenvalue weighted by Gasteiger charge is 2.52. The third kappa shape index (κ3) is 4.54. The zero-order valence-electron chi connectivity index (χ0n) is 17.7. The molecule has 7 heteroatoms. The van der Waals surface area contributed by atoms with Gasteiger partial charge in [0.25, 0.3) is 5.91 Å². The van der Waals surface area contributed by atoms with Crippen molar-refractivity contribution in [3.8, 4) is 0 Å². The monoisotopic (exact) mass is 400 g/mol. The van der Waals surface area contributed by atoms with Gasteiger partial charge in [-0.3, -0.25) is 14.5 Å². The Balaban J connectivity index is 1.51. The van der Waals surface area contributed by atoms with Gasteiger partial charge in [0.2, 0.25) is 5.91 Å². The van der Waals surface area contributed by atoms with E-state index in [0.717, 1.165) is 30.0 Å². The van der Waals surface area contributed by atoms with E-state index in [9.17, 15) is 14.4 Å². The van der Waals surface area contributed by atoms with E-state index in [4.69, 9.17) is 0 Å². The molecule has 2 fully saturated rings. The Morgan fingerprint density at radius 2 is 1.97 bits per heavy atom. The van der Waals surface area contributed by atoms with Crippen LogP contribution in [0.15, 0.2) is 24.3 Å². The van der Waals surface area contributed by atoms with Crippen LogP contribution in [0.4, 0.5) is 10.5 Å². The predicted octanol–water partition coefficient (Wildman–Crippen LogP) is 2.44. The molecular weight excluding hydrogens is 368 g/mol. The molecule has 1 spiro atoms. The molecule has 1 aliphatic heterocycles. The number of hydrogen-bond acceptors (Lipinski definition) is 4. The van der Waals surface area contributed by atoms with Crippen molar-refractivity contribution < 1.29 is 14.4 Å². The standard InChI is InChI=1S/C22H32N4O3/c1-4-25(18-8-6-5-7-17(18)3)14-13-23-19(27)15-26-20(28)22(24-21(26)29)11-9-16(2)10-12-22/h5-8,16H,4,9-15H2,1-3H3,(H,23,27)(H,24,29). The Hall–Kier alpha value is -2.57. The molecule has 1 saturated heterocycles. The van der Waals surface area contributed by atoms with Gasteiger partial charge in [0.1, 0.15) is 12.1 Å². The van der Waals surface area contributed by atoms with Gasteiger partial charge in [-0.15, -0.1) is 0 Å². The molecule has 1 aliphatic carbocycles. The molecule has 29 heavy (non-hydrogen) atoms. The fourth-order valence-corrected chi connectivity index (χ4v) is 4.31. The number of benzene rings is 1. The van der Waals surface area contributed by atoms with E-state index in [1.807, 2.05) is 12.1 Å². The van der Waals surface area contributed by atoms with Gasteiger partial charge in [-0.05, 0) is 57.1 Å². The summed E-state index contributed by atoms with van der Waals surface area (Å²) in [6, 6.07) is 7.69. The summed E-state index contributed by atoms with van der Waals surface area (Å²) in [5.41, 5.74) is 1.53. The van der Waals surface area contributed by atoms with Crippen LogP contribution in [-0.4, -0.2) is 54.5 Å². The van der Waals surface area contributed by atoms with Crippen LogP contribution < -0.4 is 15.5 Å². The Morgan fingerprint density at radius 3 is 2.62 bits per heavy atom. The SMILES string of the molecule is CCN(CCNC(=O)CN1C(=O)NC2(CCC(C)CC2)C1=O)c1ccccc1C. The van der Waals surface area contributed by atoms with Crippen LogP contribution in [0.3, 0.4) is 0 Å². The normalized spacial score (nSPS) is 24.0. The Labute approximate surface area is 172 Å². The number of likely N-dealkylation sites (N-methyl/N-ethyl adjacent to an activating group) is 1. The fraction of sp³-hybridized carbons (Fsp3) is 0.591. The molecule has 0 radical (unpaired) electrons. The lowest BCUT2D eigenvalue weighted by Crippen LogP contribution is -2.50. The lowest BCUT2D eigenvalue weighted by Gasteiger charge is -2.33. The molecule has 1 saturated carbocycles. The van der Waals surface area contributed by atoms with E-state index in [-0.39, 0.29) is 18.4 Å². The van der Waals surface area contributed by atoms with Crippen LogP contribution >= 0.6 is 0 Å². The van der Waals surface area contributed by atoms with E-state index in [0.29, 0.717) is 31.8 Å². The quantitative estimate of drug-likeness (QED) is 0.689. The molecule has 1 heterocycles. The van der Waals surface area contributed by atoms with Crippen LogP contribution in [-0.2, 0) is 9.59 Å². The molecule has 7 nitrogen and oxygen atoms in total. The summed E-state index contributed by atoms with van der Waals surface area (Å²) in [6.07, 6.45) is 3.13. The van der Waals surface area contributed by atoms with E-state index in [1.54, 1.807) is 0 Å². The van der Waals surface area contributed by atoms with Gasteiger partial charge in [0, 0.05) is 25.3 Å². The second-order valence-electron chi connectivity index (χ2n) is 8.30. The summed E-state index contributed by atoms with van der Waals surface area (Å²) >= 11 is 0. The van der Waals surface area contributed by atoms with Gasteiger partial charge >= 0.3 is 6.03 Å². The maximum Gasteiger partial charge on any atom is 0.325 e. The molecule has 158 valence electrons. The minimum atomic E-state index is -0.798. The van der Waals surface area contributed by atoms with Gasteiger partial charge < -0.3 is 15.5 Å². The predicted molar refractivity (Wildman–Crippen MR) is 113 cm³/mol. The smallest absolute Gasteiger partial charge is 0.325 e. The van der Waals surface area contributed by atoms with Crippen molar-refractivity contribution in [1.29, 1.82) is 0 Å². The van der Waals surface area contributed by atoms with Crippen molar-refractivity contribution in [2.24, 2.45) is 5.92 Å². The molecule has 0 bridgehead atoms. The van der Waals surface area contributed by atoms with Gasteiger partial charge in [0.15, 0.2) is 0 Å². The summed E-state index contributed by atoms with van der Waals surface area (Å²) < 4.78 is 0. The number of carbonyl (C=O) groups excluding carboxylic acids is 3. The van der Waals surface area contributed by atoms with Crippen LogP contribution in [0.5, 0.6) is 0 Å². The highest BCUT2D eigenvalue weighted by Crippen LogP contribution is 2.36. The number of carbonyl (C=O) groups is 3. The number of imide groups is 1. The van der Waals surface area contributed by atoms with E-state index < -0.39 is 11.6 Å². The van der Waals surface area contributed by atoms with Gasteiger partial charge in [-0.2, -0.15) is 0 Å². The van der Waals surface area contributed by atoms with Crippen molar-refractivity contribution in [3.05, 3.63) is 29.8 Å². The van der Waals surface area contributed by atoms with Gasteiger partial charge in [-0.1, -0.05) is 25.1 Å². The highest BCUT2D eigenvalue weighted by molar-refractivity contribution is 6.09. The minimum absolute atomic E-state index is 0.224. The maximum atomic E-state index is 12.8. The molecule has 2 aliphatic rings. The summed E-state index contributed by atoms with van der Waals surface area (Å²) in [7, 11) is 0. The highest BCUT2D eigenvalue weighted by atomic mass is 16.2. The molecule has 1 aromatic rings. The van der Waals surface area contributed by atoms with E-state index in [1.165, 1.54) is 5.56 Å². The first kappa shape index (κ1) is 21.1. The molecule has 1 aromatic carbocycles. The van der Waals surface area contributed by atoms with Crippen LogP contribution in [0, 0.1) is 12.8 Å². The Kier molecular flexibility index (Phi) is 6.45.